The van der Waals surface area contributed by atoms with Crippen LogP contribution in [0, 0.1) is 0 Å². The van der Waals surface area contributed by atoms with Crippen LogP contribution in [0.5, 0.6) is 0 Å². The summed E-state index contributed by atoms with van der Waals surface area (Å²) in [5, 5.41) is 4.84. The van der Waals surface area contributed by atoms with E-state index in [2.05, 4.69) is 10.3 Å². The Morgan fingerprint density at radius 1 is 1.38 bits per heavy atom. The number of fused-ring (bicyclic) bond motifs is 1. The van der Waals surface area contributed by atoms with E-state index in [1.165, 1.54) is 29.5 Å². The summed E-state index contributed by atoms with van der Waals surface area (Å²) in [6.07, 6.45) is 4.73. The zero-order valence-corrected chi connectivity index (χ0v) is 14.3. The van der Waals surface area contributed by atoms with Gasteiger partial charge in [0, 0.05) is 28.2 Å². The Morgan fingerprint density at radius 2 is 2.12 bits per heavy atom. The SMILES string of the molecule is O=C(/C=C\c1c(Cl)nc2sccn12)Nc1ccc(SC(F)F)cc1. The number of carbonyl (C=O) groups is 1. The minimum Gasteiger partial charge on any atom is -0.323 e. The third-order valence-electron chi connectivity index (χ3n) is 2.99. The number of thiazole rings is 1. The number of hydrogen-bond acceptors (Lipinski definition) is 4. The Balaban J connectivity index is 1.67. The molecule has 0 atom stereocenters. The molecule has 1 amide bonds. The van der Waals surface area contributed by atoms with Crippen molar-refractivity contribution < 1.29 is 13.6 Å². The van der Waals surface area contributed by atoms with Gasteiger partial charge in [0.2, 0.25) is 5.91 Å². The summed E-state index contributed by atoms with van der Waals surface area (Å²) in [5.41, 5.74) is 1.13. The smallest absolute Gasteiger partial charge is 0.288 e. The molecule has 0 bridgehead atoms. The number of thioether (sulfide) groups is 1. The fourth-order valence-corrected chi connectivity index (χ4v) is 3.49. The summed E-state index contributed by atoms with van der Waals surface area (Å²) < 4.78 is 26.3. The maximum atomic E-state index is 12.3. The zero-order valence-electron chi connectivity index (χ0n) is 11.9. The second kappa shape index (κ2) is 7.33. The van der Waals surface area contributed by atoms with Crippen LogP contribution in [-0.4, -0.2) is 21.0 Å². The predicted molar refractivity (Wildman–Crippen MR) is 94.0 cm³/mol. The first-order valence-corrected chi connectivity index (χ1v) is 8.81. The molecule has 2 heterocycles. The zero-order chi connectivity index (χ0) is 17.1. The molecule has 0 spiro atoms. The molecule has 2 aromatic heterocycles. The van der Waals surface area contributed by atoms with Gasteiger partial charge in [-0.1, -0.05) is 23.4 Å². The van der Waals surface area contributed by atoms with E-state index in [4.69, 9.17) is 11.6 Å². The Bertz CT molecular complexity index is 890. The normalized spacial score (nSPS) is 11.7. The number of aromatic nitrogens is 2. The van der Waals surface area contributed by atoms with Crippen molar-refractivity contribution in [1.82, 2.24) is 9.38 Å². The molecule has 1 aromatic carbocycles. The number of carbonyl (C=O) groups excluding carboxylic acids is 1. The monoisotopic (exact) mass is 385 g/mol. The van der Waals surface area contributed by atoms with Gasteiger partial charge in [-0.05, 0) is 30.3 Å². The molecule has 9 heteroatoms. The van der Waals surface area contributed by atoms with Gasteiger partial charge in [0.15, 0.2) is 10.1 Å². The van der Waals surface area contributed by atoms with E-state index in [0.29, 0.717) is 33.2 Å². The highest BCUT2D eigenvalue weighted by atomic mass is 35.5. The molecule has 0 unspecified atom stereocenters. The first-order chi connectivity index (χ1) is 11.5. The highest BCUT2D eigenvalue weighted by Gasteiger charge is 2.09. The van der Waals surface area contributed by atoms with Crippen LogP contribution in [0.3, 0.4) is 0 Å². The molecule has 0 fully saturated rings. The number of imidazole rings is 1. The van der Waals surface area contributed by atoms with Crippen molar-refractivity contribution in [1.29, 1.82) is 0 Å². The number of halogens is 3. The van der Waals surface area contributed by atoms with Crippen molar-refractivity contribution in [2.45, 2.75) is 10.7 Å². The van der Waals surface area contributed by atoms with Gasteiger partial charge >= 0.3 is 0 Å². The molecule has 4 nitrogen and oxygen atoms in total. The van der Waals surface area contributed by atoms with Gasteiger partial charge in [0.1, 0.15) is 0 Å². The van der Waals surface area contributed by atoms with Crippen LogP contribution in [0.15, 0.2) is 46.8 Å². The summed E-state index contributed by atoms with van der Waals surface area (Å²) in [5.74, 6) is -2.83. The second-order valence-corrected chi connectivity index (χ2v) is 6.86. The van der Waals surface area contributed by atoms with Gasteiger partial charge in [0.05, 0.1) is 5.69 Å². The van der Waals surface area contributed by atoms with Crippen molar-refractivity contribution in [2.75, 3.05) is 5.32 Å². The maximum Gasteiger partial charge on any atom is 0.288 e. The number of alkyl halides is 2. The summed E-state index contributed by atoms with van der Waals surface area (Å²) in [4.78, 5) is 17.3. The largest absolute Gasteiger partial charge is 0.323 e. The van der Waals surface area contributed by atoms with Crippen LogP contribution >= 0.6 is 34.7 Å². The maximum absolute atomic E-state index is 12.3. The minimum atomic E-state index is -2.47. The van der Waals surface area contributed by atoms with E-state index in [1.807, 2.05) is 11.6 Å². The van der Waals surface area contributed by atoms with Gasteiger partial charge < -0.3 is 5.32 Å². The molecule has 24 heavy (non-hydrogen) atoms. The molecular weight excluding hydrogens is 376 g/mol. The minimum absolute atomic E-state index is 0.319. The molecule has 0 aliphatic heterocycles. The highest BCUT2D eigenvalue weighted by Crippen LogP contribution is 2.26. The van der Waals surface area contributed by atoms with Gasteiger partial charge in [-0.25, -0.2) is 4.98 Å². The lowest BCUT2D eigenvalue weighted by molar-refractivity contribution is -0.111. The molecule has 0 aliphatic carbocycles. The van der Waals surface area contributed by atoms with E-state index in [0.717, 1.165) is 4.96 Å². The van der Waals surface area contributed by atoms with Crippen LogP contribution in [-0.2, 0) is 4.79 Å². The van der Waals surface area contributed by atoms with E-state index in [9.17, 15) is 13.6 Å². The van der Waals surface area contributed by atoms with Gasteiger partial charge in [0.25, 0.3) is 5.76 Å². The van der Waals surface area contributed by atoms with E-state index < -0.39 is 5.76 Å². The van der Waals surface area contributed by atoms with Gasteiger partial charge in [-0.3, -0.25) is 9.20 Å². The van der Waals surface area contributed by atoms with E-state index >= 15 is 0 Å². The fraction of sp³-hybridized carbons (Fsp3) is 0.0667. The average Bonchev–Trinajstić information content (AvgIpc) is 3.07. The van der Waals surface area contributed by atoms with Crippen LogP contribution in [0.25, 0.3) is 11.0 Å². The topological polar surface area (TPSA) is 46.4 Å². The average molecular weight is 386 g/mol. The van der Waals surface area contributed by atoms with Crippen molar-refractivity contribution in [2.24, 2.45) is 0 Å². The molecule has 0 radical (unpaired) electrons. The molecule has 1 N–H and O–H groups in total. The fourth-order valence-electron chi connectivity index (χ4n) is 1.98. The third kappa shape index (κ3) is 3.95. The van der Waals surface area contributed by atoms with Crippen molar-refractivity contribution in [3.05, 3.63) is 52.8 Å². The number of nitrogens with one attached hydrogen (secondary N) is 1. The lowest BCUT2D eigenvalue weighted by Gasteiger charge is -2.04. The number of anilines is 1. The van der Waals surface area contributed by atoms with Crippen LogP contribution in [0.2, 0.25) is 5.15 Å². The Labute approximate surface area is 149 Å². The van der Waals surface area contributed by atoms with E-state index in [-0.39, 0.29) is 5.91 Å². The van der Waals surface area contributed by atoms with Crippen molar-refractivity contribution in [3.8, 4) is 0 Å². The molecule has 124 valence electrons. The summed E-state index contributed by atoms with van der Waals surface area (Å²) in [6, 6.07) is 6.19. The van der Waals surface area contributed by atoms with Gasteiger partial charge in [-0.2, -0.15) is 8.78 Å². The number of amides is 1. The van der Waals surface area contributed by atoms with E-state index in [1.54, 1.807) is 22.6 Å². The van der Waals surface area contributed by atoms with Crippen molar-refractivity contribution in [3.63, 3.8) is 0 Å². The quantitative estimate of drug-likeness (QED) is 0.495. The first-order valence-electron chi connectivity index (χ1n) is 6.68. The molecule has 0 saturated carbocycles. The Hall–Kier alpha value is -1.90. The molecule has 0 saturated heterocycles. The Morgan fingerprint density at radius 3 is 2.83 bits per heavy atom. The van der Waals surface area contributed by atoms with Gasteiger partial charge in [-0.15, -0.1) is 11.3 Å². The second-order valence-electron chi connectivity index (χ2n) is 4.57. The third-order valence-corrected chi connectivity index (χ3v) is 4.75. The predicted octanol–water partition coefficient (Wildman–Crippen LogP) is 5.02. The first kappa shape index (κ1) is 16.9. The van der Waals surface area contributed by atoms with Crippen LogP contribution in [0.1, 0.15) is 5.69 Å². The molecule has 3 aromatic rings. The lowest BCUT2D eigenvalue weighted by Crippen LogP contribution is -2.07. The van der Waals surface area contributed by atoms with Crippen LogP contribution < -0.4 is 5.32 Å². The number of nitrogens with zero attached hydrogens (tertiary/aromatic N) is 2. The molecular formula is C15H10ClF2N3OS2. The highest BCUT2D eigenvalue weighted by molar-refractivity contribution is 7.99. The number of benzene rings is 1. The Kier molecular flexibility index (Phi) is 5.17. The summed E-state index contributed by atoms with van der Waals surface area (Å²) in [7, 11) is 0. The van der Waals surface area contributed by atoms with Crippen molar-refractivity contribution >= 4 is 57.3 Å². The molecule has 3 rings (SSSR count). The molecule has 0 aliphatic rings. The summed E-state index contributed by atoms with van der Waals surface area (Å²) in [6.45, 7) is 0. The number of hydrogen-bond donors (Lipinski definition) is 1. The lowest BCUT2D eigenvalue weighted by atomic mass is 10.3. The number of rotatable bonds is 5. The standard InChI is InChI=1S/C15H10ClF2N3OS2/c16-13-11(21-7-8-23-15(21)20-13)5-6-12(22)19-9-1-3-10(4-2-9)24-14(17)18/h1-8,14H,(H,19,22)/b6-5-. The summed E-state index contributed by atoms with van der Waals surface area (Å²) >= 11 is 7.94. The van der Waals surface area contributed by atoms with Crippen LogP contribution in [0.4, 0.5) is 14.5 Å².